The Balaban J connectivity index is 2.10. The molecule has 0 amide bonds. The number of nitro groups is 1. The molecule has 0 unspecified atom stereocenters. The predicted molar refractivity (Wildman–Crippen MR) is 105 cm³/mol. The molecule has 3 rings (SSSR count). The molecule has 1 fully saturated rings. The number of sulfonamides is 1. The minimum Gasteiger partial charge on any atom is -0.258 e. The molecule has 0 spiro atoms. The van der Waals surface area contributed by atoms with Crippen LogP contribution in [0.5, 0.6) is 0 Å². The molecule has 1 saturated heterocycles. The maximum Gasteiger partial charge on any atom is 0.283 e. The van der Waals surface area contributed by atoms with Crippen LogP contribution in [-0.2, 0) is 20.0 Å². The number of nitrogens with zero attached hydrogens (tertiary/aromatic N) is 4. The molecule has 0 aliphatic carbocycles. The third-order valence-corrected chi connectivity index (χ3v) is 8.74. The largest absolute Gasteiger partial charge is 0.283 e. The van der Waals surface area contributed by atoms with Crippen molar-refractivity contribution in [1.29, 1.82) is 0 Å². The van der Waals surface area contributed by atoms with Crippen LogP contribution < -0.4 is 0 Å². The normalized spacial score (nSPS) is 18.7. The topological polar surface area (TPSA) is 132 Å². The van der Waals surface area contributed by atoms with Gasteiger partial charge in [-0.05, 0) is 38.7 Å². The number of non-ortho nitro benzene ring substituents is 1. The summed E-state index contributed by atoms with van der Waals surface area (Å²) in [5.41, 5.74) is -0.371. The molecular weight excluding hydrogens is 420 g/mol. The zero-order valence-electron chi connectivity index (χ0n) is 16.3. The number of rotatable bonds is 5. The lowest BCUT2D eigenvalue weighted by Gasteiger charge is -2.30. The quantitative estimate of drug-likeness (QED) is 0.511. The van der Waals surface area contributed by atoms with Gasteiger partial charge < -0.3 is 0 Å². The molecule has 1 aromatic heterocycles. The van der Waals surface area contributed by atoms with Gasteiger partial charge in [0.2, 0.25) is 10.0 Å². The molecular formula is C17H22N4O6S2. The summed E-state index contributed by atoms with van der Waals surface area (Å²) in [4.78, 5) is 9.80. The third-order valence-electron chi connectivity index (χ3n) is 4.96. The maximum atomic E-state index is 13.2. The van der Waals surface area contributed by atoms with E-state index >= 15 is 0 Å². The van der Waals surface area contributed by atoms with Crippen molar-refractivity contribution in [2.75, 3.05) is 13.1 Å². The van der Waals surface area contributed by atoms with Crippen molar-refractivity contribution in [2.24, 2.45) is 5.92 Å². The average Bonchev–Trinajstić information content (AvgIpc) is 2.97. The smallest absolute Gasteiger partial charge is 0.258 e. The SMILES string of the molecule is Cc1nn(S(=O)(=O)c2cccc([N+](=O)[O-])c2)c(C)c1S(=O)(=O)N1CCC[C@H](C)C1. The van der Waals surface area contributed by atoms with Crippen LogP contribution in [0.2, 0.25) is 0 Å². The van der Waals surface area contributed by atoms with E-state index in [4.69, 9.17) is 0 Å². The first-order valence-corrected chi connectivity index (χ1v) is 11.9. The maximum absolute atomic E-state index is 13.2. The van der Waals surface area contributed by atoms with Gasteiger partial charge in [-0.2, -0.15) is 21.9 Å². The molecule has 2 aromatic rings. The van der Waals surface area contributed by atoms with E-state index in [1.54, 1.807) is 0 Å². The summed E-state index contributed by atoms with van der Waals surface area (Å²) < 4.78 is 54.4. The monoisotopic (exact) mass is 442 g/mol. The van der Waals surface area contributed by atoms with Crippen LogP contribution in [0.4, 0.5) is 5.69 Å². The van der Waals surface area contributed by atoms with Crippen LogP contribution in [0, 0.1) is 29.9 Å². The van der Waals surface area contributed by atoms with Crippen LogP contribution in [0.25, 0.3) is 0 Å². The van der Waals surface area contributed by atoms with E-state index in [9.17, 15) is 26.9 Å². The second kappa shape index (κ2) is 7.50. The van der Waals surface area contributed by atoms with Gasteiger partial charge in [0.1, 0.15) is 4.90 Å². The zero-order valence-corrected chi connectivity index (χ0v) is 17.9. The molecule has 0 bridgehead atoms. The van der Waals surface area contributed by atoms with Crippen LogP contribution in [-0.4, -0.2) is 48.3 Å². The Hall–Kier alpha value is -2.31. The highest BCUT2D eigenvalue weighted by Crippen LogP contribution is 2.29. The fraction of sp³-hybridized carbons (Fsp3) is 0.471. The summed E-state index contributed by atoms with van der Waals surface area (Å²) in [5, 5.41) is 14.9. The Bertz CT molecular complexity index is 1170. The summed E-state index contributed by atoms with van der Waals surface area (Å²) >= 11 is 0. The lowest BCUT2D eigenvalue weighted by atomic mass is 10.0. The Kier molecular flexibility index (Phi) is 5.54. The second-order valence-corrected chi connectivity index (χ2v) is 10.9. The van der Waals surface area contributed by atoms with Crippen LogP contribution in [0.3, 0.4) is 0 Å². The number of nitro benzene ring substituents is 1. The molecule has 2 heterocycles. The molecule has 12 heteroatoms. The van der Waals surface area contributed by atoms with E-state index in [2.05, 4.69) is 5.10 Å². The van der Waals surface area contributed by atoms with E-state index in [1.807, 2.05) is 6.92 Å². The van der Waals surface area contributed by atoms with Crippen molar-refractivity contribution in [3.05, 3.63) is 45.8 Å². The molecule has 0 N–H and O–H groups in total. The first kappa shape index (κ1) is 21.4. The van der Waals surface area contributed by atoms with Crippen LogP contribution in [0.15, 0.2) is 34.1 Å². The molecule has 29 heavy (non-hydrogen) atoms. The molecule has 1 aromatic carbocycles. The Labute approximate surface area is 169 Å². The minimum atomic E-state index is -4.31. The molecule has 0 radical (unpaired) electrons. The number of hydrogen-bond donors (Lipinski definition) is 0. The van der Waals surface area contributed by atoms with Gasteiger partial charge in [-0.15, -0.1) is 0 Å². The summed E-state index contributed by atoms with van der Waals surface area (Å²) in [6.45, 7) is 5.51. The van der Waals surface area contributed by atoms with Gasteiger partial charge in [-0.1, -0.05) is 13.0 Å². The lowest BCUT2D eigenvalue weighted by molar-refractivity contribution is -0.385. The average molecular weight is 443 g/mol. The summed E-state index contributed by atoms with van der Waals surface area (Å²) in [6, 6.07) is 4.56. The van der Waals surface area contributed by atoms with E-state index in [0.717, 1.165) is 18.9 Å². The van der Waals surface area contributed by atoms with Crippen molar-refractivity contribution in [1.82, 2.24) is 13.5 Å². The number of aromatic nitrogens is 2. The predicted octanol–water partition coefficient (Wildman–Crippen LogP) is 2.07. The van der Waals surface area contributed by atoms with Crippen molar-refractivity contribution >= 4 is 25.7 Å². The minimum absolute atomic E-state index is 0.0489. The number of hydrogen-bond acceptors (Lipinski definition) is 7. The van der Waals surface area contributed by atoms with Gasteiger partial charge in [0.15, 0.2) is 0 Å². The van der Waals surface area contributed by atoms with Crippen molar-refractivity contribution in [3.63, 3.8) is 0 Å². The van der Waals surface area contributed by atoms with Crippen molar-refractivity contribution < 1.29 is 21.8 Å². The summed E-state index contributed by atoms with van der Waals surface area (Å²) in [7, 11) is -8.23. The molecule has 158 valence electrons. The highest BCUT2D eigenvalue weighted by atomic mass is 32.2. The summed E-state index contributed by atoms with van der Waals surface area (Å²) in [5.74, 6) is 0.211. The highest BCUT2D eigenvalue weighted by Gasteiger charge is 2.35. The molecule has 1 atom stereocenters. The molecule has 10 nitrogen and oxygen atoms in total. The van der Waals surface area contributed by atoms with Gasteiger partial charge in [-0.25, -0.2) is 8.42 Å². The number of piperidine rings is 1. The third kappa shape index (κ3) is 3.79. The Morgan fingerprint density at radius 1 is 1.17 bits per heavy atom. The fourth-order valence-electron chi connectivity index (χ4n) is 3.56. The van der Waals surface area contributed by atoms with Crippen molar-refractivity contribution in [3.8, 4) is 0 Å². The van der Waals surface area contributed by atoms with Crippen molar-refractivity contribution in [2.45, 2.75) is 43.4 Å². The van der Waals surface area contributed by atoms with Gasteiger partial charge in [0.25, 0.3) is 15.7 Å². The van der Waals surface area contributed by atoms with E-state index in [0.29, 0.717) is 17.2 Å². The van der Waals surface area contributed by atoms with Crippen LogP contribution in [0.1, 0.15) is 31.2 Å². The first-order valence-electron chi connectivity index (χ1n) is 9.02. The van der Waals surface area contributed by atoms with E-state index < -0.39 is 25.0 Å². The molecule has 1 aliphatic heterocycles. The fourth-order valence-corrected chi connectivity index (χ4v) is 6.98. The van der Waals surface area contributed by atoms with Gasteiger partial charge in [-0.3, -0.25) is 10.1 Å². The highest BCUT2D eigenvalue weighted by molar-refractivity contribution is 7.90. The first-order chi connectivity index (χ1) is 13.5. The van der Waals surface area contributed by atoms with Gasteiger partial charge in [0.05, 0.1) is 21.2 Å². The standard InChI is InChI=1S/C17H22N4O6S2/c1-12-6-5-9-19(11-12)29(26,27)17-13(2)18-20(14(17)3)28(24,25)16-8-4-7-15(10-16)21(22)23/h4,7-8,10,12H,5-6,9,11H2,1-3H3/t12-/m0/s1. The second-order valence-electron chi connectivity index (χ2n) is 7.21. The number of benzene rings is 1. The van der Waals surface area contributed by atoms with Crippen LogP contribution >= 0.6 is 0 Å². The zero-order chi connectivity index (χ0) is 21.6. The molecule has 0 saturated carbocycles. The molecule has 1 aliphatic rings. The van der Waals surface area contributed by atoms with E-state index in [1.165, 1.54) is 36.4 Å². The van der Waals surface area contributed by atoms with E-state index in [-0.39, 0.29) is 32.8 Å². The van der Waals surface area contributed by atoms with Gasteiger partial charge in [0, 0.05) is 25.2 Å². The summed E-state index contributed by atoms with van der Waals surface area (Å²) in [6.07, 6.45) is 1.67. The lowest BCUT2D eigenvalue weighted by Crippen LogP contribution is -2.39. The number of aryl methyl sites for hydroxylation is 1. The Morgan fingerprint density at radius 3 is 2.48 bits per heavy atom. The van der Waals surface area contributed by atoms with Gasteiger partial charge >= 0.3 is 0 Å². The Morgan fingerprint density at radius 2 is 1.86 bits per heavy atom.